The zero-order chi connectivity index (χ0) is 12.9. The highest BCUT2D eigenvalue weighted by atomic mass is 14.8. The van der Waals surface area contributed by atoms with Crippen LogP contribution in [-0.2, 0) is 0 Å². The number of nitrogens with zero attached hydrogens (tertiary/aromatic N) is 2. The fraction of sp³-hybridized carbons (Fsp3) is 0.0769. The number of allylic oxidation sites excluding steroid dienone is 1. The van der Waals surface area contributed by atoms with Gasteiger partial charge in [0.25, 0.3) is 0 Å². The predicted molar refractivity (Wildman–Crippen MR) is 73.2 cm³/mol. The minimum absolute atomic E-state index is 0.572. The summed E-state index contributed by atoms with van der Waals surface area (Å²) in [5.41, 5.74) is 10.5. The van der Waals surface area contributed by atoms with Crippen molar-refractivity contribution in [2.45, 2.75) is 6.92 Å². The van der Waals surface area contributed by atoms with Crippen molar-refractivity contribution < 1.29 is 0 Å². The topological polar surface area (TPSA) is 77.8 Å². The van der Waals surface area contributed by atoms with E-state index in [0.717, 1.165) is 0 Å². The van der Waals surface area contributed by atoms with Crippen LogP contribution in [0.5, 0.6) is 0 Å². The number of nitrogen functional groups attached to an aromatic ring is 2. The summed E-state index contributed by atoms with van der Waals surface area (Å²) in [6.07, 6.45) is 5.07. The lowest BCUT2D eigenvalue weighted by atomic mass is 10.5. The molecule has 0 amide bonds. The molecule has 0 aliphatic heterocycles. The van der Waals surface area contributed by atoms with Crippen molar-refractivity contribution in [2.75, 3.05) is 11.5 Å². The average molecular weight is 230 g/mol. The second kappa shape index (κ2) is 10.2. The maximum Gasteiger partial charge on any atom is 0.123 e. The fourth-order valence-corrected chi connectivity index (χ4v) is 0.752. The highest BCUT2D eigenvalue weighted by Gasteiger charge is 1.74. The van der Waals surface area contributed by atoms with Crippen LogP contribution >= 0.6 is 0 Å². The normalized spacial score (nSPS) is 7.82. The van der Waals surface area contributed by atoms with Crippen LogP contribution in [0.4, 0.5) is 11.6 Å². The molecular formula is C13H18N4. The quantitative estimate of drug-likeness (QED) is 0.682. The first kappa shape index (κ1) is 14.6. The summed E-state index contributed by atoms with van der Waals surface area (Å²) >= 11 is 0. The van der Waals surface area contributed by atoms with Crippen LogP contribution < -0.4 is 11.5 Å². The average Bonchev–Trinajstić information content (AvgIpc) is 2.33. The molecule has 0 aliphatic carbocycles. The van der Waals surface area contributed by atoms with E-state index in [1.807, 2.05) is 31.2 Å². The maximum atomic E-state index is 5.25. The molecule has 0 saturated heterocycles. The van der Waals surface area contributed by atoms with Gasteiger partial charge in [0.2, 0.25) is 0 Å². The third-order valence-electron chi connectivity index (χ3n) is 1.38. The molecular weight excluding hydrogens is 212 g/mol. The Hall–Kier alpha value is -2.36. The minimum atomic E-state index is 0.572. The molecule has 0 atom stereocenters. The van der Waals surface area contributed by atoms with Gasteiger partial charge >= 0.3 is 0 Å². The van der Waals surface area contributed by atoms with E-state index >= 15 is 0 Å². The highest BCUT2D eigenvalue weighted by Crippen LogP contribution is 1.90. The number of rotatable bonds is 0. The third-order valence-corrected chi connectivity index (χ3v) is 1.38. The number of pyridine rings is 2. The fourth-order valence-electron chi connectivity index (χ4n) is 0.752. The van der Waals surface area contributed by atoms with Gasteiger partial charge in [0, 0.05) is 12.4 Å². The van der Waals surface area contributed by atoms with E-state index in [2.05, 4.69) is 16.5 Å². The molecule has 4 N–H and O–H groups in total. The molecule has 2 rings (SSSR count). The number of anilines is 2. The molecule has 4 nitrogen and oxygen atoms in total. The zero-order valence-electron chi connectivity index (χ0n) is 9.95. The monoisotopic (exact) mass is 230 g/mol. The minimum Gasteiger partial charge on any atom is -0.384 e. The molecule has 4 heteroatoms. The third kappa shape index (κ3) is 9.93. The van der Waals surface area contributed by atoms with E-state index in [0.29, 0.717) is 11.6 Å². The zero-order valence-corrected chi connectivity index (χ0v) is 9.95. The van der Waals surface area contributed by atoms with E-state index in [1.54, 1.807) is 30.6 Å². The SMILES string of the molecule is C=CC.Nc1ccccn1.Nc1ccccn1. The summed E-state index contributed by atoms with van der Waals surface area (Å²) in [4.78, 5) is 7.51. The summed E-state index contributed by atoms with van der Waals surface area (Å²) in [6.45, 7) is 5.25. The molecule has 0 fully saturated rings. The van der Waals surface area contributed by atoms with Gasteiger partial charge in [-0.05, 0) is 31.2 Å². The van der Waals surface area contributed by atoms with Crippen LogP contribution in [0.15, 0.2) is 61.4 Å². The molecule has 0 spiro atoms. The van der Waals surface area contributed by atoms with Gasteiger partial charge in [-0.2, -0.15) is 0 Å². The van der Waals surface area contributed by atoms with Gasteiger partial charge < -0.3 is 11.5 Å². The van der Waals surface area contributed by atoms with Crippen molar-refractivity contribution in [3.8, 4) is 0 Å². The molecule has 0 saturated carbocycles. The molecule has 17 heavy (non-hydrogen) atoms. The Morgan fingerprint density at radius 3 is 1.41 bits per heavy atom. The second-order valence-electron chi connectivity index (χ2n) is 2.92. The van der Waals surface area contributed by atoms with Crippen molar-refractivity contribution in [3.63, 3.8) is 0 Å². The van der Waals surface area contributed by atoms with E-state index in [-0.39, 0.29) is 0 Å². The lowest BCUT2D eigenvalue weighted by Crippen LogP contribution is -1.85. The smallest absolute Gasteiger partial charge is 0.123 e. The van der Waals surface area contributed by atoms with Crippen molar-refractivity contribution in [1.29, 1.82) is 0 Å². The van der Waals surface area contributed by atoms with Crippen molar-refractivity contribution >= 4 is 11.6 Å². The summed E-state index contributed by atoms with van der Waals surface area (Å²) in [5.74, 6) is 1.14. The Labute approximate surface area is 102 Å². The first-order valence-electron chi connectivity index (χ1n) is 5.10. The second-order valence-corrected chi connectivity index (χ2v) is 2.92. The molecule has 0 bridgehead atoms. The van der Waals surface area contributed by atoms with E-state index in [9.17, 15) is 0 Å². The van der Waals surface area contributed by atoms with Crippen LogP contribution in [0.1, 0.15) is 6.92 Å². The molecule has 90 valence electrons. The number of nitrogens with two attached hydrogens (primary N) is 2. The molecule has 0 unspecified atom stereocenters. The van der Waals surface area contributed by atoms with Crippen molar-refractivity contribution in [3.05, 3.63) is 61.4 Å². The van der Waals surface area contributed by atoms with Gasteiger partial charge in [0.05, 0.1) is 0 Å². The van der Waals surface area contributed by atoms with Crippen LogP contribution in [0.25, 0.3) is 0 Å². The first-order valence-corrected chi connectivity index (χ1v) is 5.10. The van der Waals surface area contributed by atoms with Crippen LogP contribution in [0, 0.1) is 0 Å². The Kier molecular flexibility index (Phi) is 8.76. The predicted octanol–water partition coefficient (Wildman–Crippen LogP) is 2.52. The molecule has 2 aromatic rings. The summed E-state index contributed by atoms with van der Waals surface area (Å²) in [5, 5.41) is 0. The Morgan fingerprint density at radius 1 is 0.941 bits per heavy atom. The van der Waals surface area contributed by atoms with Gasteiger partial charge in [0.1, 0.15) is 11.6 Å². The molecule has 0 radical (unpaired) electrons. The lowest BCUT2D eigenvalue weighted by Gasteiger charge is -1.82. The van der Waals surface area contributed by atoms with E-state index in [4.69, 9.17) is 11.5 Å². The highest BCUT2D eigenvalue weighted by molar-refractivity contribution is 5.25. The van der Waals surface area contributed by atoms with E-state index in [1.165, 1.54) is 0 Å². The largest absolute Gasteiger partial charge is 0.384 e. The maximum absolute atomic E-state index is 5.25. The van der Waals surface area contributed by atoms with Gasteiger partial charge in [-0.25, -0.2) is 9.97 Å². The molecule has 0 aliphatic rings. The lowest BCUT2D eigenvalue weighted by molar-refractivity contribution is 1.34. The summed E-state index contributed by atoms with van der Waals surface area (Å²) in [7, 11) is 0. The van der Waals surface area contributed by atoms with Crippen LogP contribution in [0.3, 0.4) is 0 Å². The molecule has 2 heterocycles. The number of hydrogen-bond donors (Lipinski definition) is 2. The Bertz CT molecular complexity index is 349. The van der Waals surface area contributed by atoms with Gasteiger partial charge in [-0.15, -0.1) is 6.58 Å². The number of aromatic nitrogens is 2. The van der Waals surface area contributed by atoms with Crippen LogP contribution in [-0.4, -0.2) is 9.97 Å². The van der Waals surface area contributed by atoms with Crippen LogP contribution in [0.2, 0.25) is 0 Å². The van der Waals surface area contributed by atoms with Crippen molar-refractivity contribution in [2.24, 2.45) is 0 Å². The van der Waals surface area contributed by atoms with E-state index < -0.39 is 0 Å². The van der Waals surface area contributed by atoms with Gasteiger partial charge in [-0.3, -0.25) is 0 Å². The van der Waals surface area contributed by atoms with Gasteiger partial charge in [0.15, 0.2) is 0 Å². The molecule has 2 aromatic heterocycles. The van der Waals surface area contributed by atoms with Gasteiger partial charge in [-0.1, -0.05) is 18.2 Å². The number of hydrogen-bond acceptors (Lipinski definition) is 4. The first-order chi connectivity index (χ1) is 8.20. The molecule has 0 aromatic carbocycles. The summed E-state index contributed by atoms with van der Waals surface area (Å²) < 4.78 is 0. The standard InChI is InChI=1S/2C5H6N2.C3H6/c2*6-5-3-1-2-4-7-5;1-3-2/h2*1-4H,(H2,6,7);3H,1H2,2H3. The summed E-state index contributed by atoms with van der Waals surface area (Å²) in [6, 6.07) is 10.9. The Morgan fingerprint density at radius 2 is 1.29 bits per heavy atom. The van der Waals surface area contributed by atoms with Crippen molar-refractivity contribution in [1.82, 2.24) is 9.97 Å². The Balaban J connectivity index is 0.000000247.